The van der Waals surface area contributed by atoms with E-state index in [9.17, 15) is 5.11 Å². The van der Waals surface area contributed by atoms with Crippen LogP contribution in [0.2, 0.25) is 0 Å². The first kappa shape index (κ1) is 15.8. The van der Waals surface area contributed by atoms with E-state index in [1.54, 1.807) is 14.2 Å². The number of rotatable bonds is 8. The molecule has 2 N–H and O–H groups in total. The summed E-state index contributed by atoms with van der Waals surface area (Å²) in [4.78, 5) is 0. The van der Waals surface area contributed by atoms with Crippen LogP contribution in [0, 0.1) is 0 Å². The smallest absolute Gasteiger partial charge is 0.123 e. The third-order valence-corrected chi connectivity index (χ3v) is 3.18. The lowest BCUT2D eigenvalue weighted by molar-refractivity contribution is 0.157. The molecule has 108 valence electrons. The fraction of sp³-hybridized carbons (Fsp3) is 0.600. The van der Waals surface area contributed by atoms with Crippen molar-refractivity contribution < 1.29 is 14.6 Å². The maximum Gasteiger partial charge on any atom is 0.123 e. The summed E-state index contributed by atoms with van der Waals surface area (Å²) < 4.78 is 10.6. The van der Waals surface area contributed by atoms with E-state index >= 15 is 0 Å². The molecule has 4 heteroatoms. The maximum atomic E-state index is 9.75. The van der Waals surface area contributed by atoms with Crippen LogP contribution in [-0.2, 0) is 0 Å². The van der Waals surface area contributed by atoms with Crippen LogP contribution in [0.15, 0.2) is 18.2 Å². The summed E-state index contributed by atoms with van der Waals surface area (Å²) in [5.74, 6) is 1.63. The summed E-state index contributed by atoms with van der Waals surface area (Å²) in [7, 11) is 3.30. The minimum Gasteiger partial charge on any atom is -0.497 e. The molecule has 1 rings (SSSR count). The third kappa shape index (κ3) is 4.73. The molecule has 4 nitrogen and oxygen atoms in total. The molecule has 1 aromatic carbocycles. The highest BCUT2D eigenvalue weighted by Gasteiger charge is 2.13. The molecule has 19 heavy (non-hydrogen) atoms. The monoisotopic (exact) mass is 267 g/mol. The van der Waals surface area contributed by atoms with Crippen LogP contribution in [0.4, 0.5) is 0 Å². The summed E-state index contributed by atoms with van der Waals surface area (Å²) in [5.41, 5.74) is 1.03. The Labute approximate surface area is 115 Å². The zero-order valence-corrected chi connectivity index (χ0v) is 12.3. The summed E-state index contributed by atoms with van der Waals surface area (Å²) in [6, 6.07) is 5.83. The minimum atomic E-state index is -0.302. The molecule has 0 amide bonds. The van der Waals surface area contributed by atoms with E-state index in [0.29, 0.717) is 6.54 Å². The first-order valence-corrected chi connectivity index (χ1v) is 6.75. The summed E-state index contributed by atoms with van der Waals surface area (Å²) in [5, 5.41) is 13.1. The number of hydrogen-bond donors (Lipinski definition) is 2. The molecule has 0 aliphatic heterocycles. The molecule has 0 radical (unpaired) electrons. The molecule has 0 bridgehead atoms. The highest BCUT2D eigenvalue weighted by Crippen LogP contribution is 2.29. The molecule has 1 aromatic rings. The molecular weight excluding hydrogens is 242 g/mol. The van der Waals surface area contributed by atoms with Gasteiger partial charge in [0, 0.05) is 18.2 Å². The number of benzene rings is 1. The van der Waals surface area contributed by atoms with E-state index in [0.717, 1.165) is 29.9 Å². The van der Waals surface area contributed by atoms with Crippen LogP contribution < -0.4 is 14.8 Å². The van der Waals surface area contributed by atoms with Crippen LogP contribution in [0.5, 0.6) is 11.5 Å². The van der Waals surface area contributed by atoms with Crippen LogP contribution in [0.3, 0.4) is 0 Å². The SMILES string of the molecule is CCCC(O)CNC(C)c1cc(OC)ccc1OC. The Hall–Kier alpha value is -1.26. The van der Waals surface area contributed by atoms with Gasteiger partial charge >= 0.3 is 0 Å². The number of aliphatic hydroxyl groups excluding tert-OH is 1. The topological polar surface area (TPSA) is 50.7 Å². The van der Waals surface area contributed by atoms with Gasteiger partial charge in [-0.15, -0.1) is 0 Å². The average molecular weight is 267 g/mol. The molecule has 0 spiro atoms. The van der Waals surface area contributed by atoms with Gasteiger partial charge in [-0.05, 0) is 31.5 Å². The van der Waals surface area contributed by atoms with Crippen molar-refractivity contribution in [1.29, 1.82) is 0 Å². The second-order valence-corrected chi connectivity index (χ2v) is 4.68. The molecule has 2 atom stereocenters. The summed E-state index contributed by atoms with van der Waals surface area (Å²) >= 11 is 0. The van der Waals surface area contributed by atoms with Gasteiger partial charge in [0.05, 0.1) is 20.3 Å². The highest BCUT2D eigenvalue weighted by molar-refractivity contribution is 5.42. The van der Waals surface area contributed by atoms with Gasteiger partial charge in [-0.2, -0.15) is 0 Å². The predicted molar refractivity (Wildman–Crippen MR) is 76.9 cm³/mol. The quantitative estimate of drug-likeness (QED) is 0.760. The number of methoxy groups -OCH3 is 2. The Kier molecular flexibility index (Phi) is 6.67. The van der Waals surface area contributed by atoms with E-state index in [4.69, 9.17) is 9.47 Å². The Morgan fingerprint density at radius 2 is 2.00 bits per heavy atom. The van der Waals surface area contributed by atoms with E-state index in [1.165, 1.54) is 0 Å². The Balaban J connectivity index is 2.71. The fourth-order valence-corrected chi connectivity index (χ4v) is 2.04. The molecule has 0 heterocycles. The number of aliphatic hydroxyl groups is 1. The average Bonchev–Trinajstić information content (AvgIpc) is 2.44. The van der Waals surface area contributed by atoms with Crippen molar-refractivity contribution in [1.82, 2.24) is 5.32 Å². The Morgan fingerprint density at radius 1 is 1.26 bits per heavy atom. The normalized spacial score (nSPS) is 13.9. The molecule has 2 unspecified atom stereocenters. The van der Waals surface area contributed by atoms with Gasteiger partial charge < -0.3 is 19.9 Å². The van der Waals surface area contributed by atoms with Gasteiger partial charge in [-0.25, -0.2) is 0 Å². The lowest BCUT2D eigenvalue weighted by Crippen LogP contribution is -2.29. The van der Waals surface area contributed by atoms with Crippen molar-refractivity contribution >= 4 is 0 Å². The molecule has 0 saturated heterocycles. The van der Waals surface area contributed by atoms with Crippen molar-refractivity contribution in [2.24, 2.45) is 0 Å². The van der Waals surface area contributed by atoms with E-state index in [2.05, 4.69) is 19.2 Å². The number of hydrogen-bond acceptors (Lipinski definition) is 4. The van der Waals surface area contributed by atoms with Crippen molar-refractivity contribution in [3.63, 3.8) is 0 Å². The number of nitrogens with one attached hydrogen (secondary N) is 1. The molecule has 0 aromatic heterocycles. The second kappa shape index (κ2) is 8.02. The zero-order chi connectivity index (χ0) is 14.3. The van der Waals surface area contributed by atoms with Crippen molar-refractivity contribution in [2.45, 2.75) is 38.8 Å². The van der Waals surface area contributed by atoms with Crippen molar-refractivity contribution in [2.75, 3.05) is 20.8 Å². The Bertz CT molecular complexity index is 382. The first-order chi connectivity index (χ1) is 9.12. The van der Waals surface area contributed by atoms with Crippen molar-refractivity contribution in [3.05, 3.63) is 23.8 Å². The van der Waals surface area contributed by atoms with E-state index in [-0.39, 0.29) is 12.1 Å². The second-order valence-electron chi connectivity index (χ2n) is 4.68. The van der Waals surface area contributed by atoms with E-state index < -0.39 is 0 Å². The largest absolute Gasteiger partial charge is 0.497 e. The lowest BCUT2D eigenvalue weighted by Gasteiger charge is -2.20. The zero-order valence-electron chi connectivity index (χ0n) is 12.3. The summed E-state index contributed by atoms with van der Waals surface area (Å²) in [6.07, 6.45) is 1.50. The molecule has 0 aliphatic rings. The predicted octanol–water partition coefficient (Wildman–Crippen LogP) is 2.52. The number of ether oxygens (including phenoxy) is 2. The van der Waals surface area contributed by atoms with Gasteiger partial charge in [0.1, 0.15) is 11.5 Å². The molecule has 0 fully saturated rings. The van der Waals surface area contributed by atoms with Gasteiger partial charge in [0.2, 0.25) is 0 Å². The van der Waals surface area contributed by atoms with Crippen LogP contribution in [-0.4, -0.2) is 32.0 Å². The lowest BCUT2D eigenvalue weighted by atomic mass is 10.1. The Morgan fingerprint density at radius 3 is 2.58 bits per heavy atom. The molecule has 0 aliphatic carbocycles. The van der Waals surface area contributed by atoms with Crippen LogP contribution in [0.25, 0.3) is 0 Å². The first-order valence-electron chi connectivity index (χ1n) is 6.75. The van der Waals surface area contributed by atoms with Crippen LogP contribution in [0.1, 0.15) is 38.3 Å². The van der Waals surface area contributed by atoms with Gasteiger partial charge in [-0.3, -0.25) is 0 Å². The fourth-order valence-electron chi connectivity index (χ4n) is 2.04. The molecular formula is C15H25NO3. The summed E-state index contributed by atoms with van der Waals surface area (Å²) in [6.45, 7) is 4.70. The minimum absolute atomic E-state index is 0.0940. The van der Waals surface area contributed by atoms with E-state index in [1.807, 2.05) is 18.2 Å². The van der Waals surface area contributed by atoms with Crippen LogP contribution >= 0.6 is 0 Å². The maximum absolute atomic E-state index is 9.75. The van der Waals surface area contributed by atoms with Crippen molar-refractivity contribution in [3.8, 4) is 11.5 Å². The van der Waals surface area contributed by atoms with Gasteiger partial charge in [0.15, 0.2) is 0 Å². The third-order valence-electron chi connectivity index (χ3n) is 3.18. The highest BCUT2D eigenvalue weighted by atomic mass is 16.5. The van der Waals surface area contributed by atoms with Gasteiger partial charge in [-0.1, -0.05) is 13.3 Å². The van der Waals surface area contributed by atoms with Gasteiger partial charge in [0.25, 0.3) is 0 Å². The molecule has 0 saturated carbocycles. The standard InChI is InChI=1S/C15H25NO3/c1-5-6-12(17)10-16-11(2)14-9-13(18-3)7-8-15(14)19-4/h7-9,11-12,16-17H,5-6,10H2,1-4H3.